The zero-order chi connectivity index (χ0) is 19.2. The van der Waals surface area contributed by atoms with Crippen molar-refractivity contribution in [2.45, 2.75) is 19.3 Å². The van der Waals surface area contributed by atoms with Gasteiger partial charge in [0.05, 0.1) is 11.0 Å². The van der Waals surface area contributed by atoms with Gasteiger partial charge < -0.3 is 15.1 Å². The predicted octanol–water partition coefficient (Wildman–Crippen LogP) is 1.44. The first-order chi connectivity index (χ1) is 12.9. The van der Waals surface area contributed by atoms with E-state index in [4.69, 9.17) is 0 Å². The van der Waals surface area contributed by atoms with E-state index in [1.807, 2.05) is 7.05 Å². The van der Waals surface area contributed by atoms with Gasteiger partial charge in [0.25, 0.3) is 5.91 Å². The Hall–Kier alpha value is -2.64. The highest BCUT2D eigenvalue weighted by Crippen LogP contribution is 2.41. The van der Waals surface area contributed by atoms with Crippen LogP contribution in [0.5, 0.6) is 0 Å². The summed E-state index contributed by atoms with van der Waals surface area (Å²) in [6.07, 6.45) is 2.04. The molecule has 0 radical (unpaired) electrons. The molecule has 8 heteroatoms. The van der Waals surface area contributed by atoms with Crippen LogP contribution in [0.15, 0.2) is 18.2 Å². The van der Waals surface area contributed by atoms with Gasteiger partial charge in [0, 0.05) is 45.5 Å². The molecule has 7 nitrogen and oxygen atoms in total. The summed E-state index contributed by atoms with van der Waals surface area (Å²) in [5.74, 6) is -0.828. The molecule has 1 spiro atoms. The van der Waals surface area contributed by atoms with E-state index >= 15 is 0 Å². The van der Waals surface area contributed by atoms with Gasteiger partial charge >= 0.3 is 6.03 Å². The minimum atomic E-state index is -0.597. The summed E-state index contributed by atoms with van der Waals surface area (Å²) in [5, 5.41) is 2.69. The smallest absolute Gasteiger partial charge is 0.321 e. The number of urea groups is 1. The van der Waals surface area contributed by atoms with E-state index in [-0.39, 0.29) is 28.8 Å². The average molecular weight is 374 g/mol. The maximum Gasteiger partial charge on any atom is 0.321 e. The molecule has 3 aliphatic heterocycles. The van der Waals surface area contributed by atoms with Crippen molar-refractivity contribution >= 4 is 23.5 Å². The highest BCUT2D eigenvalue weighted by atomic mass is 19.1. The first-order valence-electron chi connectivity index (χ1n) is 9.31. The molecule has 0 saturated carbocycles. The van der Waals surface area contributed by atoms with Crippen molar-refractivity contribution in [2.24, 2.45) is 5.41 Å². The van der Waals surface area contributed by atoms with Crippen molar-refractivity contribution in [1.82, 2.24) is 15.1 Å². The lowest BCUT2D eigenvalue weighted by Gasteiger charge is -2.37. The molecule has 0 bridgehead atoms. The van der Waals surface area contributed by atoms with Crippen LogP contribution in [0.3, 0.4) is 0 Å². The molecule has 0 unspecified atom stereocenters. The number of hydrogen-bond donors (Lipinski definition) is 1. The number of hydrogen-bond acceptors (Lipinski definition) is 3. The third-order valence-electron chi connectivity index (χ3n) is 6.08. The van der Waals surface area contributed by atoms with Gasteiger partial charge in [0.2, 0.25) is 5.91 Å². The van der Waals surface area contributed by atoms with Gasteiger partial charge in [-0.2, -0.15) is 0 Å². The summed E-state index contributed by atoms with van der Waals surface area (Å²) in [6, 6.07) is 3.94. The second-order valence-electron chi connectivity index (χ2n) is 7.60. The minimum absolute atomic E-state index is 0.0296. The molecule has 3 saturated heterocycles. The fourth-order valence-electron chi connectivity index (χ4n) is 4.33. The zero-order valence-corrected chi connectivity index (χ0v) is 15.3. The molecular formula is C19H23FN4O3. The lowest BCUT2D eigenvalue weighted by molar-refractivity contribution is -0.137. The van der Waals surface area contributed by atoms with Gasteiger partial charge in [0.1, 0.15) is 5.82 Å². The zero-order valence-electron chi connectivity index (χ0n) is 15.3. The van der Waals surface area contributed by atoms with Gasteiger partial charge in [-0.25, -0.2) is 9.18 Å². The van der Waals surface area contributed by atoms with Crippen LogP contribution in [0.25, 0.3) is 0 Å². The molecular weight excluding hydrogens is 351 g/mol. The summed E-state index contributed by atoms with van der Waals surface area (Å²) in [4.78, 5) is 42.0. The van der Waals surface area contributed by atoms with Gasteiger partial charge in [-0.3, -0.25) is 14.5 Å². The Morgan fingerprint density at radius 2 is 1.81 bits per heavy atom. The molecule has 4 rings (SSSR count). The van der Waals surface area contributed by atoms with E-state index in [0.29, 0.717) is 44.7 Å². The van der Waals surface area contributed by atoms with Crippen LogP contribution in [0.2, 0.25) is 0 Å². The number of piperidine rings is 1. The summed E-state index contributed by atoms with van der Waals surface area (Å²) < 4.78 is 14.3. The standard InChI is InChI=1S/C19H23FN4O3/c1-22-8-4-19(17(22)26)5-9-23(10-6-19)16(25)14-12-13(2-3-15(14)20)24-11-7-21-18(24)27/h2-3,12H,4-11H2,1H3,(H,21,27). The third kappa shape index (κ3) is 2.93. The van der Waals surface area contributed by atoms with E-state index in [1.54, 1.807) is 9.80 Å². The normalized spacial score (nSPS) is 21.9. The van der Waals surface area contributed by atoms with Crippen LogP contribution in [-0.4, -0.2) is 67.4 Å². The number of anilines is 1. The number of rotatable bonds is 2. The van der Waals surface area contributed by atoms with Gasteiger partial charge in [0.15, 0.2) is 0 Å². The number of benzene rings is 1. The first-order valence-corrected chi connectivity index (χ1v) is 9.31. The topological polar surface area (TPSA) is 73.0 Å². The van der Waals surface area contributed by atoms with Crippen molar-refractivity contribution in [2.75, 3.05) is 44.7 Å². The number of halogens is 1. The van der Waals surface area contributed by atoms with Crippen molar-refractivity contribution in [3.8, 4) is 0 Å². The molecule has 144 valence electrons. The fraction of sp³-hybridized carbons (Fsp3) is 0.526. The van der Waals surface area contributed by atoms with Gasteiger partial charge in [-0.05, 0) is 37.5 Å². The first kappa shape index (κ1) is 17.8. The lowest BCUT2D eigenvalue weighted by atomic mass is 9.77. The summed E-state index contributed by atoms with van der Waals surface area (Å²) in [7, 11) is 1.81. The number of carbonyl (C=O) groups excluding carboxylic acids is 3. The Kier molecular flexibility index (Phi) is 4.28. The molecule has 27 heavy (non-hydrogen) atoms. The van der Waals surface area contributed by atoms with Crippen LogP contribution >= 0.6 is 0 Å². The second kappa shape index (κ2) is 6.51. The van der Waals surface area contributed by atoms with Gasteiger partial charge in [-0.15, -0.1) is 0 Å². The molecule has 0 aliphatic carbocycles. The largest absolute Gasteiger partial charge is 0.345 e. The van der Waals surface area contributed by atoms with Crippen LogP contribution in [0.1, 0.15) is 29.6 Å². The Labute approximate surface area is 157 Å². The van der Waals surface area contributed by atoms with Crippen molar-refractivity contribution in [3.63, 3.8) is 0 Å². The second-order valence-corrected chi connectivity index (χ2v) is 7.60. The van der Waals surface area contributed by atoms with E-state index in [9.17, 15) is 18.8 Å². The van der Waals surface area contributed by atoms with E-state index < -0.39 is 5.82 Å². The van der Waals surface area contributed by atoms with Crippen LogP contribution in [0, 0.1) is 11.2 Å². The van der Waals surface area contributed by atoms with Crippen LogP contribution < -0.4 is 10.2 Å². The van der Waals surface area contributed by atoms with Gasteiger partial charge in [-0.1, -0.05) is 0 Å². The molecule has 4 amide bonds. The predicted molar refractivity (Wildman–Crippen MR) is 97.0 cm³/mol. The van der Waals surface area contributed by atoms with Crippen molar-refractivity contribution in [1.29, 1.82) is 0 Å². The van der Waals surface area contributed by atoms with E-state index in [1.165, 1.54) is 23.1 Å². The van der Waals surface area contributed by atoms with Crippen LogP contribution in [0.4, 0.5) is 14.9 Å². The molecule has 0 aromatic heterocycles. The molecule has 1 N–H and O–H groups in total. The monoisotopic (exact) mass is 374 g/mol. The Bertz CT molecular complexity index is 804. The minimum Gasteiger partial charge on any atom is -0.345 e. The number of nitrogens with zero attached hydrogens (tertiary/aromatic N) is 3. The Morgan fingerprint density at radius 3 is 2.41 bits per heavy atom. The van der Waals surface area contributed by atoms with Crippen molar-refractivity contribution in [3.05, 3.63) is 29.6 Å². The Morgan fingerprint density at radius 1 is 1.11 bits per heavy atom. The average Bonchev–Trinajstić information content (AvgIpc) is 3.22. The number of amides is 4. The highest BCUT2D eigenvalue weighted by Gasteiger charge is 2.47. The molecule has 0 atom stereocenters. The lowest BCUT2D eigenvalue weighted by Crippen LogP contribution is -2.46. The Balaban J connectivity index is 1.50. The molecule has 1 aromatic carbocycles. The molecule has 3 aliphatic rings. The SMILES string of the molecule is CN1CCC2(CCN(C(=O)c3cc(N4CCNC4=O)ccc3F)CC2)C1=O. The quantitative estimate of drug-likeness (QED) is 0.851. The van der Waals surface area contributed by atoms with Crippen molar-refractivity contribution < 1.29 is 18.8 Å². The fourth-order valence-corrected chi connectivity index (χ4v) is 4.33. The maximum absolute atomic E-state index is 14.3. The molecule has 1 aromatic rings. The van der Waals surface area contributed by atoms with Crippen LogP contribution in [-0.2, 0) is 4.79 Å². The highest BCUT2D eigenvalue weighted by molar-refractivity contribution is 5.99. The maximum atomic E-state index is 14.3. The summed E-state index contributed by atoms with van der Waals surface area (Å²) in [6.45, 7) is 2.63. The van der Waals surface area contributed by atoms with E-state index in [0.717, 1.165) is 13.0 Å². The third-order valence-corrected chi connectivity index (χ3v) is 6.08. The molecule has 3 fully saturated rings. The summed E-state index contributed by atoms with van der Waals surface area (Å²) >= 11 is 0. The molecule has 3 heterocycles. The number of nitrogens with one attached hydrogen (secondary N) is 1. The summed E-state index contributed by atoms with van der Waals surface area (Å²) in [5.41, 5.74) is 0.119. The number of carbonyl (C=O) groups is 3. The van der Waals surface area contributed by atoms with E-state index in [2.05, 4.69) is 5.32 Å². The number of likely N-dealkylation sites (tertiary alicyclic amines) is 2.